The van der Waals surface area contributed by atoms with E-state index in [1.54, 1.807) is 0 Å². The van der Waals surface area contributed by atoms with Crippen LogP contribution in [-0.2, 0) is 28.7 Å². The maximum absolute atomic E-state index is 13.1. The Bertz CT molecular complexity index is 911. The number of carbonyl (C=O) groups is 4. The van der Waals surface area contributed by atoms with Crippen molar-refractivity contribution < 1.29 is 28.7 Å². The Morgan fingerprint density at radius 3 is 1.29 bits per heavy atom. The Balaban J connectivity index is 1.72. The van der Waals surface area contributed by atoms with Gasteiger partial charge in [0.25, 0.3) is 11.8 Å². The molecule has 2 aliphatic heterocycles. The van der Waals surface area contributed by atoms with Gasteiger partial charge in [-0.25, -0.2) is 0 Å². The van der Waals surface area contributed by atoms with Crippen molar-refractivity contribution in [3.63, 3.8) is 0 Å². The lowest BCUT2D eigenvalue weighted by atomic mass is 10.1. The fourth-order valence-electron chi connectivity index (χ4n) is 4.50. The minimum atomic E-state index is -0.417. The van der Waals surface area contributed by atoms with Crippen molar-refractivity contribution in [3.8, 4) is 0 Å². The zero-order valence-electron chi connectivity index (χ0n) is 25.1. The molecule has 0 N–H and O–H groups in total. The summed E-state index contributed by atoms with van der Waals surface area (Å²) < 4.78 is 11.2. The van der Waals surface area contributed by atoms with Gasteiger partial charge in [-0.2, -0.15) is 0 Å². The number of carbonyl (C=O) groups excluding carboxylic acids is 4. The summed E-state index contributed by atoms with van der Waals surface area (Å²) in [5, 5.41) is 0. The number of unbranched alkanes of at least 4 members (excludes halogenated alkanes) is 12. The number of hydrogen-bond acceptors (Lipinski definition) is 10. The monoisotopic (exact) mass is 658 g/mol. The second kappa shape index (κ2) is 21.2. The molecule has 2 rings (SSSR count). The first-order valence-corrected chi connectivity index (χ1v) is 17.9. The summed E-state index contributed by atoms with van der Waals surface area (Å²) in [5.41, 5.74) is 0. The Labute approximate surface area is 270 Å². The Morgan fingerprint density at radius 2 is 0.929 bits per heavy atom. The van der Waals surface area contributed by atoms with Gasteiger partial charge in [-0.15, -0.1) is 0 Å². The van der Waals surface area contributed by atoms with Crippen molar-refractivity contribution in [3.05, 3.63) is 9.81 Å². The molecule has 2 heterocycles. The fourth-order valence-corrected chi connectivity index (χ4v) is 7.27. The number of nitrogens with zero attached hydrogens (tertiary/aromatic N) is 2. The van der Waals surface area contributed by atoms with Crippen LogP contribution in [0.3, 0.4) is 0 Å². The Hall–Kier alpha value is -1.50. The number of ether oxygens (including phenoxy) is 2. The van der Waals surface area contributed by atoms with E-state index >= 15 is 0 Å². The van der Waals surface area contributed by atoms with Crippen LogP contribution in [0.15, 0.2) is 9.81 Å². The summed E-state index contributed by atoms with van der Waals surface area (Å²) in [7, 11) is 0. The Kier molecular flexibility index (Phi) is 18.6. The number of thioether (sulfide) groups is 2. The minimum Gasteiger partial charge on any atom is -0.466 e. The summed E-state index contributed by atoms with van der Waals surface area (Å²) >= 11 is 12.8. The summed E-state index contributed by atoms with van der Waals surface area (Å²) in [4.78, 5) is 53.7. The van der Waals surface area contributed by atoms with Crippen LogP contribution in [0.1, 0.15) is 117 Å². The molecule has 0 bridgehead atoms. The van der Waals surface area contributed by atoms with Crippen LogP contribution >= 0.6 is 48.0 Å². The number of amides is 2. The van der Waals surface area contributed by atoms with Gasteiger partial charge in [0.2, 0.25) is 0 Å². The molecule has 2 fully saturated rings. The van der Waals surface area contributed by atoms with Crippen LogP contribution in [0, 0.1) is 0 Å². The first-order valence-electron chi connectivity index (χ1n) is 15.4. The summed E-state index contributed by atoms with van der Waals surface area (Å²) in [6, 6.07) is 0. The van der Waals surface area contributed by atoms with Gasteiger partial charge in [0.05, 0.1) is 35.9 Å². The number of hydrogen-bond donors (Lipinski definition) is 0. The van der Waals surface area contributed by atoms with Crippen LogP contribution in [0.4, 0.5) is 0 Å². The number of thiocarbonyl (C=S) groups is 2. The highest BCUT2D eigenvalue weighted by Crippen LogP contribution is 2.42. The predicted molar refractivity (Wildman–Crippen MR) is 178 cm³/mol. The van der Waals surface area contributed by atoms with Gasteiger partial charge in [0.15, 0.2) is 0 Å². The lowest BCUT2D eigenvalue weighted by Gasteiger charge is -2.14. The van der Waals surface area contributed by atoms with E-state index in [0.29, 0.717) is 13.2 Å². The van der Waals surface area contributed by atoms with Gasteiger partial charge in [0, 0.05) is 13.1 Å². The molecule has 0 unspecified atom stereocenters. The van der Waals surface area contributed by atoms with Gasteiger partial charge in [0.1, 0.15) is 8.64 Å². The third-order valence-electron chi connectivity index (χ3n) is 7.01. The molecule has 0 aliphatic carbocycles. The third kappa shape index (κ3) is 13.0. The van der Waals surface area contributed by atoms with E-state index in [4.69, 9.17) is 33.9 Å². The van der Waals surface area contributed by atoms with E-state index in [1.165, 1.54) is 61.2 Å². The standard InChI is InChI=1S/C30H46N2O6S4/c1-3-5-7-9-11-13-15-21-37-23(33)17-19-31-27(35)25(41-29(31)39)26-28(36)32(30(40)42-26)20-18-24(34)38-22-16-14-12-10-8-6-4-2/h3-22H2,1-2H3. The first kappa shape index (κ1) is 36.7. The predicted octanol–water partition coefficient (Wildman–Crippen LogP) is 7.29. The molecule has 0 spiro atoms. The van der Waals surface area contributed by atoms with Gasteiger partial charge < -0.3 is 9.47 Å². The van der Waals surface area contributed by atoms with Crippen molar-refractivity contribution >= 4 is 80.4 Å². The maximum atomic E-state index is 13.1. The van der Waals surface area contributed by atoms with E-state index in [1.807, 2.05) is 0 Å². The molecule has 0 aromatic heterocycles. The third-order valence-corrected chi connectivity index (χ3v) is 10.0. The molecule has 0 aromatic rings. The van der Waals surface area contributed by atoms with Crippen LogP contribution in [0.25, 0.3) is 0 Å². The summed E-state index contributed by atoms with van der Waals surface area (Å²) in [6.07, 6.45) is 15.9. The van der Waals surface area contributed by atoms with Crippen molar-refractivity contribution in [2.75, 3.05) is 26.3 Å². The van der Waals surface area contributed by atoms with Gasteiger partial charge in [-0.1, -0.05) is 139 Å². The quantitative estimate of drug-likeness (QED) is 0.0511. The van der Waals surface area contributed by atoms with E-state index in [-0.39, 0.29) is 56.3 Å². The van der Waals surface area contributed by atoms with E-state index < -0.39 is 11.8 Å². The molecule has 2 amide bonds. The molecular weight excluding hydrogens is 613 g/mol. The van der Waals surface area contributed by atoms with Crippen LogP contribution in [0.5, 0.6) is 0 Å². The average Bonchev–Trinajstić information content (AvgIpc) is 3.41. The lowest BCUT2D eigenvalue weighted by molar-refractivity contribution is -0.145. The zero-order valence-corrected chi connectivity index (χ0v) is 28.4. The molecule has 42 heavy (non-hydrogen) atoms. The minimum absolute atomic E-state index is 0.0259. The summed E-state index contributed by atoms with van der Waals surface area (Å²) in [5.74, 6) is -1.58. The second-order valence-electron chi connectivity index (χ2n) is 10.5. The highest BCUT2D eigenvalue weighted by atomic mass is 32.2. The molecule has 0 saturated carbocycles. The smallest absolute Gasteiger partial charge is 0.307 e. The van der Waals surface area contributed by atoms with Crippen molar-refractivity contribution in [1.82, 2.24) is 9.80 Å². The molecule has 0 radical (unpaired) electrons. The molecule has 8 nitrogen and oxygen atoms in total. The van der Waals surface area contributed by atoms with Crippen LogP contribution in [-0.4, -0.2) is 68.5 Å². The molecule has 2 saturated heterocycles. The molecule has 12 heteroatoms. The van der Waals surface area contributed by atoms with Gasteiger partial charge in [-0.3, -0.25) is 29.0 Å². The number of rotatable bonds is 22. The van der Waals surface area contributed by atoms with E-state index in [2.05, 4.69) is 13.8 Å². The largest absolute Gasteiger partial charge is 0.466 e. The molecule has 236 valence electrons. The molecule has 0 atom stereocenters. The maximum Gasteiger partial charge on any atom is 0.307 e. The molecule has 2 aliphatic rings. The lowest BCUT2D eigenvalue weighted by Crippen LogP contribution is -2.32. The van der Waals surface area contributed by atoms with Crippen LogP contribution < -0.4 is 0 Å². The molecule has 0 aromatic carbocycles. The van der Waals surface area contributed by atoms with Crippen molar-refractivity contribution in [1.29, 1.82) is 0 Å². The summed E-state index contributed by atoms with van der Waals surface area (Å²) in [6.45, 7) is 5.31. The topological polar surface area (TPSA) is 93.2 Å². The highest BCUT2D eigenvalue weighted by Gasteiger charge is 2.42. The van der Waals surface area contributed by atoms with Crippen LogP contribution in [0.2, 0.25) is 0 Å². The van der Waals surface area contributed by atoms with E-state index in [0.717, 1.165) is 62.0 Å². The van der Waals surface area contributed by atoms with Crippen molar-refractivity contribution in [2.24, 2.45) is 0 Å². The van der Waals surface area contributed by atoms with Crippen molar-refractivity contribution in [2.45, 2.75) is 117 Å². The van der Waals surface area contributed by atoms with Gasteiger partial charge in [-0.05, 0) is 12.8 Å². The molecular formula is C30H46N2O6S4. The first-order chi connectivity index (χ1) is 20.3. The zero-order chi connectivity index (χ0) is 30.7. The Morgan fingerprint density at radius 1 is 0.595 bits per heavy atom. The second-order valence-corrected chi connectivity index (χ2v) is 13.8. The average molecular weight is 659 g/mol. The van der Waals surface area contributed by atoms with E-state index in [9.17, 15) is 19.2 Å². The van der Waals surface area contributed by atoms with Gasteiger partial charge >= 0.3 is 11.9 Å². The number of esters is 2. The SMILES string of the molecule is CCCCCCCCCOC(=O)CCN1C(=O)C(=C2SC(=S)N(CCC(=O)OCCCCCCCCC)C2=O)SC1=S. The normalized spacial score (nSPS) is 17.1. The highest BCUT2D eigenvalue weighted by molar-refractivity contribution is 8.29. The fraction of sp³-hybridized carbons (Fsp3) is 0.733.